The van der Waals surface area contributed by atoms with E-state index in [0.29, 0.717) is 28.7 Å². The summed E-state index contributed by atoms with van der Waals surface area (Å²) in [6.07, 6.45) is 5.89. The van der Waals surface area contributed by atoms with E-state index in [0.717, 1.165) is 31.2 Å². The standard InChI is InChI=1S/C29H32FN5O3S/c1-2-24(27(37)32-20-8-4-3-5-9-20)39-29-34-22-11-7-6-10-21(22)26-33-23(28(38)35(26)29)16-25(36)31-17-18-12-14-19(30)15-13-18/h6-7,10-15,20,23-24H,2-5,8-9,16-17H2,1H3,(H,31,36)(H,32,37)/t23-,24+/m0/s1. The minimum absolute atomic E-state index is 0.0437. The van der Waals surface area contributed by atoms with E-state index in [1.54, 1.807) is 12.1 Å². The van der Waals surface area contributed by atoms with Crippen molar-refractivity contribution in [1.82, 2.24) is 15.5 Å². The number of carbonyl (C=O) groups is 3. The lowest BCUT2D eigenvalue weighted by Crippen LogP contribution is -2.45. The summed E-state index contributed by atoms with van der Waals surface area (Å²) in [5.74, 6) is -0.615. The molecule has 0 radical (unpaired) electrons. The number of nitrogens with zero attached hydrogens (tertiary/aromatic N) is 3. The van der Waals surface area contributed by atoms with Crippen LogP contribution in [0.15, 0.2) is 58.5 Å². The van der Waals surface area contributed by atoms with E-state index in [4.69, 9.17) is 4.99 Å². The summed E-state index contributed by atoms with van der Waals surface area (Å²) in [5, 5.41) is 5.96. The van der Waals surface area contributed by atoms with Gasteiger partial charge in [-0.3, -0.25) is 19.4 Å². The number of amidine groups is 2. The molecular weight excluding hydrogens is 517 g/mol. The lowest BCUT2D eigenvalue weighted by atomic mass is 9.95. The van der Waals surface area contributed by atoms with Crippen LogP contribution in [0, 0.1) is 5.82 Å². The maximum atomic E-state index is 13.6. The maximum absolute atomic E-state index is 13.6. The highest BCUT2D eigenvalue weighted by molar-refractivity contribution is 8.15. The second kappa shape index (κ2) is 12.1. The SMILES string of the molecule is CC[C@@H](SC1=Nc2ccccc2C2=N[C@@H](CC(=O)NCc3ccc(F)cc3)C(=O)N12)C(=O)NC1CCCCC1. The van der Waals surface area contributed by atoms with Crippen molar-refractivity contribution in [3.63, 3.8) is 0 Å². The van der Waals surface area contributed by atoms with Crippen molar-refractivity contribution in [2.75, 3.05) is 0 Å². The fourth-order valence-electron chi connectivity index (χ4n) is 5.06. The molecule has 1 aliphatic carbocycles. The summed E-state index contributed by atoms with van der Waals surface area (Å²) in [5.41, 5.74) is 2.14. The molecular formula is C29H32FN5O3S. The molecule has 2 aliphatic heterocycles. The number of thioether (sulfide) groups is 1. The van der Waals surface area contributed by atoms with E-state index in [-0.39, 0.29) is 42.5 Å². The van der Waals surface area contributed by atoms with Crippen LogP contribution in [0.5, 0.6) is 0 Å². The third kappa shape index (κ3) is 6.21. The first-order valence-corrected chi connectivity index (χ1v) is 14.4. The Labute approximate surface area is 231 Å². The Morgan fingerprint density at radius 2 is 1.85 bits per heavy atom. The van der Waals surface area contributed by atoms with Gasteiger partial charge in [0.1, 0.15) is 17.7 Å². The molecule has 5 rings (SSSR count). The average molecular weight is 550 g/mol. The number of fused-ring (bicyclic) bond motifs is 3. The number of rotatable bonds is 8. The highest BCUT2D eigenvalue weighted by atomic mass is 32.2. The van der Waals surface area contributed by atoms with Crippen molar-refractivity contribution >= 4 is 46.2 Å². The van der Waals surface area contributed by atoms with Gasteiger partial charge in [0.05, 0.1) is 17.4 Å². The van der Waals surface area contributed by atoms with Gasteiger partial charge in [0.25, 0.3) is 5.91 Å². The van der Waals surface area contributed by atoms with Crippen LogP contribution < -0.4 is 10.6 Å². The maximum Gasteiger partial charge on any atom is 0.259 e. The first-order chi connectivity index (χ1) is 18.9. The summed E-state index contributed by atoms with van der Waals surface area (Å²) in [6.45, 7) is 2.17. The molecule has 0 spiro atoms. The van der Waals surface area contributed by atoms with Crippen LogP contribution in [-0.4, -0.2) is 51.0 Å². The van der Waals surface area contributed by atoms with Crippen molar-refractivity contribution in [2.24, 2.45) is 9.98 Å². The van der Waals surface area contributed by atoms with E-state index in [1.807, 2.05) is 31.2 Å². The Kier molecular flexibility index (Phi) is 8.40. The molecule has 0 saturated heterocycles. The van der Waals surface area contributed by atoms with E-state index < -0.39 is 11.3 Å². The van der Waals surface area contributed by atoms with Crippen LogP contribution >= 0.6 is 11.8 Å². The van der Waals surface area contributed by atoms with Crippen molar-refractivity contribution in [3.05, 3.63) is 65.5 Å². The molecule has 0 aromatic heterocycles. The third-order valence-electron chi connectivity index (χ3n) is 7.19. The quantitative estimate of drug-likeness (QED) is 0.508. The largest absolute Gasteiger partial charge is 0.352 e. The Morgan fingerprint density at radius 1 is 1.10 bits per heavy atom. The van der Waals surface area contributed by atoms with Crippen LogP contribution in [0.25, 0.3) is 0 Å². The monoisotopic (exact) mass is 549 g/mol. The first kappa shape index (κ1) is 27.1. The minimum atomic E-state index is -0.902. The van der Waals surface area contributed by atoms with Gasteiger partial charge in [0.2, 0.25) is 11.8 Å². The normalized spacial score (nSPS) is 19.5. The molecule has 1 saturated carbocycles. The smallest absolute Gasteiger partial charge is 0.259 e. The highest BCUT2D eigenvalue weighted by Gasteiger charge is 2.43. The van der Waals surface area contributed by atoms with E-state index >= 15 is 0 Å². The van der Waals surface area contributed by atoms with Crippen molar-refractivity contribution in [2.45, 2.75) is 75.7 Å². The van der Waals surface area contributed by atoms with Crippen molar-refractivity contribution < 1.29 is 18.8 Å². The fraction of sp³-hybridized carbons (Fsp3) is 0.414. The number of nitrogens with one attached hydrogen (secondary N) is 2. The summed E-state index contributed by atoms with van der Waals surface area (Å²) in [7, 11) is 0. The van der Waals surface area contributed by atoms with Gasteiger partial charge in [-0.2, -0.15) is 0 Å². The third-order valence-corrected chi connectivity index (χ3v) is 8.51. The highest BCUT2D eigenvalue weighted by Crippen LogP contribution is 2.35. The molecule has 204 valence electrons. The Balaban J connectivity index is 1.30. The van der Waals surface area contributed by atoms with Gasteiger partial charge in [-0.05, 0) is 49.1 Å². The van der Waals surface area contributed by atoms with Gasteiger partial charge in [0.15, 0.2) is 5.17 Å². The van der Waals surface area contributed by atoms with Gasteiger partial charge in [-0.25, -0.2) is 14.3 Å². The topological polar surface area (TPSA) is 103 Å². The second-order valence-electron chi connectivity index (χ2n) is 10.0. The number of para-hydroxylation sites is 1. The summed E-state index contributed by atoms with van der Waals surface area (Å²) in [4.78, 5) is 50.3. The minimum Gasteiger partial charge on any atom is -0.352 e. The van der Waals surface area contributed by atoms with Gasteiger partial charge >= 0.3 is 0 Å². The molecule has 3 aliphatic rings. The number of hydrogen-bond acceptors (Lipinski definition) is 6. The molecule has 8 nitrogen and oxygen atoms in total. The molecule has 39 heavy (non-hydrogen) atoms. The molecule has 1 fully saturated rings. The summed E-state index contributed by atoms with van der Waals surface area (Å²) in [6, 6.07) is 12.6. The molecule has 2 atom stereocenters. The van der Waals surface area contributed by atoms with Gasteiger partial charge in [-0.1, -0.05) is 62.2 Å². The Bertz CT molecular complexity index is 1310. The van der Waals surface area contributed by atoms with Gasteiger partial charge in [-0.15, -0.1) is 0 Å². The number of amides is 3. The van der Waals surface area contributed by atoms with E-state index in [1.165, 1.54) is 35.2 Å². The van der Waals surface area contributed by atoms with Gasteiger partial charge < -0.3 is 10.6 Å². The Morgan fingerprint density at radius 3 is 2.59 bits per heavy atom. The molecule has 3 amide bonds. The first-order valence-electron chi connectivity index (χ1n) is 13.5. The zero-order chi connectivity index (χ0) is 27.4. The van der Waals surface area contributed by atoms with Crippen LogP contribution in [0.4, 0.5) is 10.1 Å². The molecule has 2 heterocycles. The number of benzene rings is 2. The molecule has 2 aromatic carbocycles. The van der Waals surface area contributed by atoms with Crippen LogP contribution in [0.1, 0.15) is 63.0 Å². The molecule has 0 bridgehead atoms. The van der Waals surface area contributed by atoms with Crippen LogP contribution in [0.2, 0.25) is 0 Å². The second-order valence-corrected chi connectivity index (χ2v) is 11.2. The predicted octanol–water partition coefficient (Wildman–Crippen LogP) is 4.45. The van der Waals surface area contributed by atoms with Crippen molar-refractivity contribution in [3.8, 4) is 0 Å². The molecule has 10 heteroatoms. The predicted molar refractivity (Wildman–Crippen MR) is 150 cm³/mol. The lowest BCUT2D eigenvalue weighted by Gasteiger charge is -2.29. The molecule has 0 unspecified atom stereocenters. The lowest BCUT2D eigenvalue weighted by molar-refractivity contribution is -0.128. The van der Waals surface area contributed by atoms with Crippen LogP contribution in [0.3, 0.4) is 0 Å². The number of halogens is 1. The number of hydrogen-bond donors (Lipinski definition) is 2. The van der Waals surface area contributed by atoms with Crippen molar-refractivity contribution in [1.29, 1.82) is 0 Å². The number of carbonyl (C=O) groups excluding carboxylic acids is 3. The Hall–Kier alpha value is -3.53. The van der Waals surface area contributed by atoms with E-state index in [9.17, 15) is 18.8 Å². The summed E-state index contributed by atoms with van der Waals surface area (Å²) >= 11 is 1.27. The van der Waals surface area contributed by atoms with Crippen LogP contribution in [-0.2, 0) is 20.9 Å². The zero-order valence-electron chi connectivity index (χ0n) is 21.9. The average Bonchev–Trinajstić information content (AvgIpc) is 3.27. The zero-order valence-corrected chi connectivity index (χ0v) is 22.7. The fourth-order valence-corrected chi connectivity index (χ4v) is 6.08. The number of aliphatic imine (C=N–C) groups is 2. The van der Waals surface area contributed by atoms with E-state index in [2.05, 4.69) is 15.6 Å². The molecule has 2 N–H and O–H groups in total. The van der Waals surface area contributed by atoms with Gasteiger partial charge in [0, 0.05) is 18.2 Å². The molecule has 2 aromatic rings. The summed E-state index contributed by atoms with van der Waals surface area (Å²) < 4.78 is 13.2.